The van der Waals surface area contributed by atoms with Gasteiger partial charge in [-0.15, -0.1) is 0 Å². The second kappa shape index (κ2) is 29.5. The number of cyclic esters (lactones) is 1. The van der Waals surface area contributed by atoms with Crippen molar-refractivity contribution in [2.75, 3.05) is 60.8 Å². The first-order chi connectivity index (χ1) is 36.3. The molecule has 0 saturated carbocycles. The molecular weight excluding hydrogens is 1090 g/mol. The summed E-state index contributed by atoms with van der Waals surface area (Å²) in [5.74, 6) is -4.57. The average Bonchev–Trinajstić information content (AvgIpc) is 3.39. The zero-order valence-corrected chi connectivity index (χ0v) is 52.9. The number of carboxylic acid groups (broad SMARTS) is 1. The molecule has 1 amide bonds. The van der Waals surface area contributed by atoms with E-state index in [-0.39, 0.29) is 43.7 Å². The normalized spacial score (nSPS) is 37.6. The SMILES string of the molecule is CC[C@H]1OC(=O)[C@H](C)[C@@H](O[C@H]2C[C@@](C)(OC)[C@@H](O)[C@H](C)O2)[C@H](C)[C@@H](O[C@@H]2O[C@H](C)C[C@H](N(C)C)[C@H]2CC(=O)O)[C@](C)(O)C[C@@H](C)CN(C)[C@H](C)[C@@H](OC(=O)NCCCCCCCCCCP(C)(C)(Br)c2ccccc2)[C@]1(C)O. The number of nitrogens with zero attached hydrogens (tertiary/aromatic N) is 2. The van der Waals surface area contributed by atoms with Gasteiger partial charge in [-0.05, 0) is 94.8 Å². The number of carbonyl (C=O) groups is 3. The summed E-state index contributed by atoms with van der Waals surface area (Å²) in [5, 5.41) is 49.3. The van der Waals surface area contributed by atoms with E-state index in [0.29, 0.717) is 19.5 Å². The molecule has 3 heterocycles. The minimum absolute atomic E-state index is 0.0824. The molecule has 0 aliphatic carbocycles. The topological polar surface area (TPSA) is 215 Å². The largest absolute Gasteiger partial charge is 0.382 e. The Hall–Kier alpha value is -2.06. The van der Waals surface area contributed by atoms with Crippen LogP contribution in [-0.4, -0.2) is 193 Å². The van der Waals surface area contributed by atoms with Gasteiger partial charge in [-0.1, -0.05) is 20.8 Å². The first-order valence-electron chi connectivity index (χ1n) is 29.1. The molecule has 0 aromatic heterocycles. The van der Waals surface area contributed by atoms with E-state index in [2.05, 4.69) is 64.5 Å². The molecule has 0 spiro atoms. The molecule has 1 aromatic rings. The number of aliphatic hydroxyl groups excluding tert-OH is 1. The maximum Gasteiger partial charge on any atom is 0.137 e. The maximum atomic E-state index is 14.9. The van der Waals surface area contributed by atoms with Gasteiger partial charge in [0.1, 0.15) is 17.8 Å². The van der Waals surface area contributed by atoms with Crippen LogP contribution < -0.4 is 10.6 Å². The molecule has 3 fully saturated rings. The maximum absolute atomic E-state index is 14.9. The molecule has 0 unspecified atom stereocenters. The summed E-state index contributed by atoms with van der Waals surface area (Å²) in [6.07, 6.45) is 1.11. The monoisotopic (exact) mass is 1190 g/mol. The van der Waals surface area contributed by atoms with Gasteiger partial charge < -0.3 is 58.5 Å². The molecule has 3 saturated heterocycles. The number of esters is 1. The molecule has 4 rings (SSSR count). The van der Waals surface area contributed by atoms with E-state index in [9.17, 15) is 34.8 Å². The van der Waals surface area contributed by atoms with Crippen LogP contribution in [0.15, 0.2) is 30.3 Å². The summed E-state index contributed by atoms with van der Waals surface area (Å²) in [5.41, 5.74) is -4.65. The quantitative estimate of drug-likeness (QED) is 0.0416. The van der Waals surface area contributed by atoms with Gasteiger partial charge in [0.15, 0.2) is 18.7 Å². The van der Waals surface area contributed by atoms with Crippen LogP contribution in [0, 0.1) is 23.7 Å². The molecule has 0 bridgehead atoms. The number of carbonyl (C=O) groups excluding carboxylic acids is 2. The zero-order chi connectivity index (χ0) is 58.6. The first kappa shape index (κ1) is 68.4. The predicted molar refractivity (Wildman–Crippen MR) is 312 cm³/mol. The average molecular weight is 1190 g/mol. The van der Waals surface area contributed by atoms with Crippen molar-refractivity contribution < 1.29 is 68.0 Å². The smallest absolute Gasteiger partial charge is 0.137 e. The first-order valence-corrected chi connectivity index (χ1v) is 34.4. The number of aliphatic carboxylic acids is 1. The Morgan fingerprint density at radius 3 is 2.08 bits per heavy atom. The number of methoxy groups -OCH3 is 1. The van der Waals surface area contributed by atoms with Crippen LogP contribution in [0.5, 0.6) is 0 Å². The van der Waals surface area contributed by atoms with Gasteiger partial charge in [0.2, 0.25) is 0 Å². The Labute approximate surface area is 476 Å². The minimum atomic E-state index is -2.08. The van der Waals surface area contributed by atoms with Crippen molar-refractivity contribution in [2.45, 2.75) is 237 Å². The summed E-state index contributed by atoms with van der Waals surface area (Å²) in [6.45, 7) is 23.2. The van der Waals surface area contributed by atoms with Gasteiger partial charge >= 0.3 is 157 Å². The number of unbranched alkanes of at least 4 members (excludes halogenated alkanes) is 7. The fourth-order valence-electron chi connectivity index (χ4n) is 12.6. The van der Waals surface area contributed by atoms with Crippen LogP contribution in [-0.2, 0) is 42.7 Å². The van der Waals surface area contributed by atoms with Gasteiger partial charge in [-0.2, -0.15) is 0 Å². The van der Waals surface area contributed by atoms with Crippen LogP contribution in [0.4, 0.5) is 4.79 Å². The van der Waals surface area contributed by atoms with Crippen molar-refractivity contribution >= 4 is 44.1 Å². The van der Waals surface area contributed by atoms with E-state index in [1.54, 1.807) is 34.6 Å². The second-order valence-electron chi connectivity index (χ2n) is 25.4. The number of nitrogens with one attached hydrogen (secondary N) is 1. The van der Waals surface area contributed by atoms with Crippen molar-refractivity contribution in [3.8, 4) is 0 Å². The molecule has 3 aliphatic heterocycles. The summed E-state index contributed by atoms with van der Waals surface area (Å²) >= 11 is 4.17. The van der Waals surface area contributed by atoms with E-state index in [1.165, 1.54) is 51.2 Å². The Morgan fingerprint density at radius 1 is 0.897 bits per heavy atom. The molecule has 17 nitrogen and oxygen atoms in total. The van der Waals surface area contributed by atoms with Crippen molar-refractivity contribution in [3.63, 3.8) is 0 Å². The fraction of sp³-hybridized carbons (Fsp3) is 0.847. The van der Waals surface area contributed by atoms with E-state index < -0.39 is 113 Å². The summed E-state index contributed by atoms with van der Waals surface area (Å²) < 4.78 is 45.0. The number of amides is 1. The third kappa shape index (κ3) is 18.7. The molecule has 1 aromatic carbocycles. The Kier molecular flexibility index (Phi) is 25.8. The number of alkyl carbamates (subject to hydrolysis) is 1. The summed E-state index contributed by atoms with van der Waals surface area (Å²) in [4.78, 5) is 45.1. The number of rotatable bonds is 22. The van der Waals surface area contributed by atoms with E-state index in [0.717, 1.165) is 25.7 Å². The van der Waals surface area contributed by atoms with Crippen molar-refractivity contribution in [3.05, 3.63) is 30.3 Å². The van der Waals surface area contributed by atoms with Gasteiger partial charge in [0, 0.05) is 44.0 Å². The van der Waals surface area contributed by atoms with E-state index in [1.807, 2.05) is 58.6 Å². The number of hydrogen-bond donors (Lipinski definition) is 5. The Balaban J connectivity index is 1.57. The molecule has 19 heteroatoms. The van der Waals surface area contributed by atoms with Gasteiger partial charge in [-0.25, -0.2) is 4.79 Å². The number of aliphatic hydroxyl groups is 3. The van der Waals surface area contributed by atoms with Crippen LogP contribution in [0.25, 0.3) is 0 Å². The standard InChI is InChI=1S/C59H105BrN3O14P/c1-17-47-59(10,70)53(77-56(68)61-31-27-22-20-18-19-21-23-28-32-78(15,16,60)44-29-25-24-26-30-44)42(6)63(13)37-38(2)35-57(8,69)52(76-55-45(34-48(64)65)46(62(11)12)33-39(3)72-55)40(4)50(41(5)54(67)74-47)75-49-36-58(9,71-14)51(66)43(7)73-49/h24-26,29-30,38-43,45-47,49-53,55,66,69-70H,17-23,27-28,31-37H2,1-16H3,(H,61,68)(H,64,65)/t38-,39-,40+,41-,42-,43+,45-,46+,47-,49+,50+,51+,52-,53-,55+,57-,58-,59-/m1/s1. The molecule has 0 radical (unpaired) electrons. The Bertz CT molecular complexity index is 2010. The third-order valence-corrected chi connectivity index (χ3v) is 23.3. The number of hydrogen-bond acceptors (Lipinski definition) is 15. The van der Waals surface area contributed by atoms with Gasteiger partial charge in [0.25, 0.3) is 0 Å². The molecule has 78 heavy (non-hydrogen) atoms. The van der Waals surface area contributed by atoms with E-state index >= 15 is 0 Å². The van der Waals surface area contributed by atoms with Crippen molar-refractivity contribution in [1.29, 1.82) is 0 Å². The Morgan fingerprint density at radius 2 is 1.50 bits per heavy atom. The molecular formula is C59H105BrN3O14P. The molecule has 452 valence electrons. The predicted octanol–water partition coefficient (Wildman–Crippen LogP) is 8.93. The third-order valence-electron chi connectivity index (χ3n) is 17.5. The second-order valence-corrected chi connectivity index (χ2v) is 37.6. The summed E-state index contributed by atoms with van der Waals surface area (Å²) in [6, 6.07) is 9.93. The van der Waals surface area contributed by atoms with Crippen molar-refractivity contribution in [1.82, 2.24) is 15.1 Å². The van der Waals surface area contributed by atoms with Crippen molar-refractivity contribution in [2.24, 2.45) is 23.7 Å². The minimum Gasteiger partial charge on any atom is -0.382 e. The number of benzene rings is 1. The van der Waals surface area contributed by atoms with Crippen LogP contribution in [0.3, 0.4) is 0 Å². The van der Waals surface area contributed by atoms with Gasteiger partial charge in [-0.3, -0.25) is 14.5 Å². The summed E-state index contributed by atoms with van der Waals surface area (Å²) in [7, 11) is 7.16. The molecule has 18 atom stereocenters. The molecule has 3 aliphatic rings. The van der Waals surface area contributed by atoms with Crippen LogP contribution in [0.2, 0.25) is 0 Å². The van der Waals surface area contributed by atoms with Crippen LogP contribution in [0.1, 0.15) is 153 Å². The number of ether oxygens (including phenoxy) is 7. The number of likely N-dealkylation sites (N-methyl/N-ethyl adjacent to an activating group) is 1. The number of carboxylic acids is 1. The van der Waals surface area contributed by atoms with E-state index in [4.69, 9.17) is 33.2 Å². The molecule has 5 N–H and O–H groups in total. The zero-order valence-electron chi connectivity index (χ0n) is 50.5. The van der Waals surface area contributed by atoms with Crippen LogP contribution >= 0.6 is 20.8 Å². The van der Waals surface area contributed by atoms with Gasteiger partial charge in [0.05, 0.1) is 48.0 Å². The fourth-order valence-corrected chi connectivity index (χ4v) is 16.6. The number of halogens is 1.